The van der Waals surface area contributed by atoms with Gasteiger partial charge >= 0.3 is 0 Å². The van der Waals surface area contributed by atoms with E-state index in [4.69, 9.17) is 4.74 Å². The van der Waals surface area contributed by atoms with Crippen LogP contribution >= 0.6 is 0 Å². The van der Waals surface area contributed by atoms with Gasteiger partial charge in [-0.25, -0.2) is 4.39 Å². The van der Waals surface area contributed by atoms with Crippen LogP contribution in [0.3, 0.4) is 0 Å². The quantitative estimate of drug-likeness (QED) is 0.473. The number of hydrogen-bond donors (Lipinski definition) is 0. The van der Waals surface area contributed by atoms with Crippen molar-refractivity contribution in [3.8, 4) is 16.9 Å². The second-order valence-corrected chi connectivity index (χ2v) is 6.16. The topological polar surface area (TPSA) is 9.23 Å². The molecule has 0 heterocycles. The molecule has 0 unspecified atom stereocenters. The molecule has 0 saturated heterocycles. The molecule has 0 amide bonds. The van der Waals surface area contributed by atoms with E-state index in [-0.39, 0.29) is 5.75 Å². The third kappa shape index (κ3) is 4.80. The van der Waals surface area contributed by atoms with Gasteiger partial charge in [0, 0.05) is 5.56 Å². The van der Waals surface area contributed by atoms with Gasteiger partial charge in [-0.1, -0.05) is 63.3 Å². The Hall–Kier alpha value is -1.90. The minimum atomic E-state index is -0.939. The van der Waals surface area contributed by atoms with Crippen LogP contribution in [0.5, 0.6) is 5.75 Å². The van der Waals surface area contributed by atoms with E-state index in [1.54, 1.807) is 6.07 Å². The van der Waals surface area contributed by atoms with E-state index < -0.39 is 11.6 Å². The highest BCUT2D eigenvalue weighted by Gasteiger charge is 2.15. The molecule has 0 fully saturated rings. The van der Waals surface area contributed by atoms with E-state index in [1.807, 2.05) is 12.1 Å². The van der Waals surface area contributed by atoms with Gasteiger partial charge in [0.25, 0.3) is 0 Å². The van der Waals surface area contributed by atoms with Crippen molar-refractivity contribution in [2.75, 3.05) is 7.11 Å². The van der Waals surface area contributed by atoms with Crippen LogP contribution in [0.1, 0.15) is 51.0 Å². The lowest BCUT2D eigenvalue weighted by atomic mass is 10.00. The zero-order valence-electron chi connectivity index (χ0n) is 14.6. The van der Waals surface area contributed by atoms with E-state index in [2.05, 4.69) is 19.1 Å². The van der Waals surface area contributed by atoms with Crippen LogP contribution in [-0.2, 0) is 6.42 Å². The molecule has 1 nitrogen and oxygen atoms in total. The van der Waals surface area contributed by atoms with Gasteiger partial charge in [0.2, 0.25) is 5.82 Å². The third-order valence-electron chi connectivity index (χ3n) is 4.34. The summed E-state index contributed by atoms with van der Waals surface area (Å²) in [5, 5.41) is 0. The van der Waals surface area contributed by atoms with Crippen LogP contribution in [0.15, 0.2) is 36.4 Å². The van der Waals surface area contributed by atoms with Crippen molar-refractivity contribution in [1.29, 1.82) is 0 Å². The molecule has 0 bridgehead atoms. The zero-order valence-corrected chi connectivity index (χ0v) is 14.6. The number of ether oxygens (including phenoxy) is 1. The maximum absolute atomic E-state index is 13.8. The summed E-state index contributed by atoms with van der Waals surface area (Å²) < 4.78 is 32.2. The molecular formula is C21H26F2O. The van der Waals surface area contributed by atoms with Crippen molar-refractivity contribution in [3.05, 3.63) is 53.6 Å². The highest BCUT2D eigenvalue weighted by atomic mass is 19.2. The summed E-state index contributed by atoms with van der Waals surface area (Å²) in [5.41, 5.74) is 2.68. The number of halogens is 2. The zero-order chi connectivity index (χ0) is 17.4. The first kappa shape index (κ1) is 18.4. The van der Waals surface area contributed by atoms with Gasteiger partial charge in [-0.3, -0.25) is 0 Å². The number of methoxy groups -OCH3 is 1. The third-order valence-corrected chi connectivity index (χ3v) is 4.34. The highest BCUT2D eigenvalue weighted by molar-refractivity contribution is 5.71. The van der Waals surface area contributed by atoms with E-state index in [0.29, 0.717) is 5.56 Å². The predicted octanol–water partition coefficient (Wildman–Crippen LogP) is 6.54. The average molecular weight is 332 g/mol. The standard InChI is InChI=1S/C21H26F2O/c1-3-4-5-6-7-8-9-16-10-12-17(13-11-16)18-14-15-19(22)20(23)21(18)24-2/h10-15H,3-9H2,1-2H3. The number of aryl methyl sites for hydroxylation is 1. The Balaban J connectivity index is 1.98. The van der Waals surface area contributed by atoms with Crippen molar-refractivity contribution in [2.45, 2.75) is 51.9 Å². The first-order valence-electron chi connectivity index (χ1n) is 8.78. The van der Waals surface area contributed by atoms with Gasteiger partial charge in [0.15, 0.2) is 11.6 Å². The molecule has 0 aliphatic heterocycles. The molecule has 0 saturated carbocycles. The molecule has 130 valence electrons. The highest BCUT2D eigenvalue weighted by Crippen LogP contribution is 2.33. The first-order chi connectivity index (χ1) is 11.7. The minimum Gasteiger partial charge on any atom is -0.493 e. The van der Waals surface area contributed by atoms with Gasteiger partial charge in [-0.15, -0.1) is 0 Å². The molecule has 0 radical (unpaired) electrons. The molecule has 2 aromatic carbocycles. The van der Waals surface area contributed by atoms with Gasteiger partial charge in [0.05, 0.1) is 7.11 Å². The Morgan fingerprint density at radius 1 is 0.833 bits per heavy atom. The summed E-state index contributed by atoms with van der Waals surface area (Å²) in [6, 6.07) is 10.7. The fraction of sp³-hybridized carbons (Fsp3) is 0.429. The van der Waals surface area contributed by atoms with E-state index >= 15 is 0 Å². The van der Waals surface area contributed by atoms with E-state index in [9.17, 15) is 8.78 Å². The van der Waals surface area contributed by atoms with Crippen LogP contribution in [0.2, 0.25) is 0 Å². The molecule has 2 rings (SSSR count). The monoisotopic (exact) mass is 332 g/mol. The molecule has 2 aromatic rings. The molecule has 0 aliphatic carbocycles. The average Bonchev–Trinajstić information content (AvgIpc) is 2.61. The number of hydrogen-bond acceptors (Lipinski definition) is 1. The second kappa shape index (κ2) is 9.41. The first-order valence-corrected chi connectivity index (χ1v) is 8.78. The Kier molecular flexibility index (Phi) is 7.23. The molecule has 24 heavy (non-hydrogen) atoms. The van der Waals surface area contributed by atoms with Crippen molar-refractivity contribution < 1.29 is 13.5 Å². The smallest absolute Gasteiger partial charge is 0.201 e. The number of rotatable bonds is 9. The van der Waals surface area contributed by atoms with E-state index in [1.165, 1.54) is 51.2 Å². The van der Waals surface area contributed by atoms with Gasteiger partial charge in [-0.2, -0.15) is 4.39 Å². The number of benzene rings is 2. The van der Waals surface area contributed by atoms with Gasteiger partial charge in [-0.05, 0) is 36.1 Å². The van der Waals surface area contributed by atoms with Crippen molar-refractivity contribution in [1.82, 2.24) is 0 Å². The molecule has 0 atom stereocenters. The molecular weight excluding hydrogens is 306 g/mol. The maximum Gasteiger partial charge on any atom is 0.201 e. The Morgan fingerprint density at radius 2 is 1.50 bits per heavy atom. The largest absolute Gasteiger partial charge is 0.493 e. The summed E-state index contributed by atoms with van der Waals surface area (Å²) in [5.74, 6) is -1.87. The summed E-state index contributed by atoms with van der Waals surface area (Å²) in [6.45, 7) is 2.23. The molecule has 0 aromatic heterocycles. The van der Waals surface area contributed by atoms with Crippen molar-refractivity contribution in [2.24, 2.45) is 0 Å². The van der Waals surface area contributed by atoms with Crippen molar-refractivity contribution in [3.63, 3.8) is 0 Å². The molecule has 0 spiro atoms. The minimum absolute atomic E-state index is 0.0429. The van der Waals surface area contributed by atoms with E-state index in [0.717, 1.165) is 18.1 Å². The van der Waals surface area contributed by atoms with Crippen LogP contribution in [0.25, 0.3) is 11.1 Å². The molecule has 0 aliphatic rings. The lowest BCUT2D eigenvalue weighted by molar-refractivity contribution is 0.373. The van der Waals surface area contributed by atoms with Crippen molar-refractivity contribution >= 4 is 0 Å². The second-order valence-electron chi connectivity index (χ2n) is 6.16. The van der Waals surface area contributed by atoms with Crippen LogP contribution in [0.4, 0.5) is 8.78 Å². The molecule has 3 heteroatoms. The maximum atomic E-state index is 13.8. The fourth-order valence-electron chi connectivity index (χ4n) is 2.92. The fourth-order valence-corrected chi connectivity index (χ4v) is 2.92. The summed E-state index contributed by atoms with van der Waals surface area (Å²) in [6.07, 6.45) is 8.74. The molecule has 0 N–H and O–H groups in total. The van der Waals surface area contributed by atoms with Gasteiger partial charge < -0.3 is 4.74 Å². The van der Waals surface area contributed by atoms with Crippen LogP contribution in [-0.4, -0.2) is 7.11 Å². The lowest BCUT2D eigenvalue weighted by Gasteiger charge is -2.11. The summed E-state index contributed by atoms with van der Waals surface area (Å²) in [4.78, 5) is 0. The Morgan fingerprint density at radius 3 is 2.17 bits per heavy atom. The normalized spacial score (nSPS) is 10.8. The number of unbranched alkanes of at least 4 members (excludes halogenated alkanes) is 5. The summed E-state index contributed by atoms with van der Waals surface area (Å²) in [7, 11) is 1.36. The Bertz CT molecular complexity index is 635. The summed E-state index contributed by atoms with van der Waals surface area (Å²) >= 11 is 0. The van der Waals surface area contributed by atoms with Crippen LogP contribution in [0, 0.1) is 11.6 Å². The predicted molar refractivity (Wildman–Crippen MR) is 95.4 cm³/mol. The Labute approximate surface area is 143 Å². The van der Waals surface area contributed by atoms with Crippen LogP contribution < -0.4 is 4.74 Å². The SMILES string of the molecule is CCCCCCCCc1ccc(-c2ccc(F)c(F)c2OC)cc1. The van der Waals surface area contributed by atoms with Gasteiger partial charge in [0.1, 0.15) is 0 Å². The lowest BCUT2D eigenvalue weighted by Crippen LogP contribution is -1.95.